The number of carbonyl (C=O) groups excluding carboxylic acids is 2. The molecular formula is C21H23Cl2N3O4. The average molecular weight is 452 g/mol. The Labute approximate surface area is 186 Å². The molecule has 3 N–H and O–H groups in total. The monoisotopic (exact) mass is 451 g/mol. The Balaban J connectivity index is 0.00000320. The number of carbonyl (C=O) groups is 2. The van der Waals surface area contributed by atoms with Gasteiger partial charge in [-0.15, -0.1) is 12.4 Å². The van der Waals surface area contributed by atoms with Crippen molar-refractivity contribution >= 4 is 47.8 Å². The number of nitrogens with one attached hydrogen (secondary N) is 1. The van der Waals surface area contributed by atoms with Crippen LogP contribution >= 0.6 is 24.0 Å². The summed E-state index contributed by atoms with van der Waals surface area (Å²) in [7, 11) is 0. The summed E-state index contributed by atoms with van der Waals surface area (Å²) in [5.41, 5.74) is 2.68. The van der Waals surface area contributed by atoms with E-state index in [4.69, 9.17) is 26.9 Å². The third-order valence-electron chi connectivity index (χ3n) is 4.51. The number of anilines is 1. The van der Waals surface area contributed by atoms with Crippen LogP contribution < -0.4 is 15.9 Å². The fourth-order valence-electron chi connectivity index (χ4n) is 3.15. The van der Waals surface area contributed by atoms with E-state index in [2.05, 4.69) is 10.4 Å². The SMILES string of the molecule is CCOC(=O)CC1CCc2cc(NC(=O)c3ccc(C=NN)cc3Cl)ccc2O1.Cl. The molecule has 9 heteroatoms. The topological polar surface area (TPSA) is 103 Å². The zero-order valence-electron chi connectivity index (χ0n) is 16.4. The van der Waals surface area contributed by atoms with E-state index >= 15 is 0 Å². The minimum atomic E-state index is -0.317. The van der Waals surface area contributed by atoms with Crippen molar-refractivity contribution in [1.82, 2.24) is 0 Å². The Morgan fingerprint density at radius 3 is 2.83 bits per heavy atom. The molecule has 30 heavy (non-hydrogen) atoms. The first kappa shape index (κ1) is 23.5. The lowest BCUT2D eigenvalue weighted by Gasteiger charge is -2.26. The summed E-state index contributed by atoms with van der Waals surface area (Å²) in [4.78, 5) is 24.2. The molecule has 3 rings (SSSR count). The lowest BCUT2D eigenvalue weighted by molar-refractivity contribution is -0.145. The van der Waals surface area contributed by atoms with Gasteiger partial charge in [-0.2, -0.15) is 5.10 Å². The number of hydrogen-bond acceptors (Lipinski definition) is 6. The summed E-state index contributed by atoms with van der Waals surface area (Å²) in [6, 6.07) is 10.4. The fourth-order valence-corrected chi connectivity index (χ4v) is 3.43. The van der Waals surface area contributed by atoms with Gasteiger partial charge < -0.3 is 20.6 Å². The number of hydrogen-bond donors (Lipinski definition) is 2. The molecule has 0 aromatic heterocycles. The van der Waals surface area contributed by atoms with Crippen LogP contribution in [-0.4, -0.2) is 30.8 Å². The minimum Gasteiger partial charge on any atom is -0.490 e. The van der Waals surface area contributed by atoms with Crippen LogP contribution in [0.1, 0.15) is 41.3 Å². The quantitative estimate of drug-likeness (QED) is 0.299. The summed E-state index contributed by atoms with van der Waals surface area (Å²) in [6.45, 7) is 2.14. The normalized spacial score (nSPS) is 14.9. The van der Waals surface area contributed by atoms with Crippen molar-refractivity contribution in [2.45, 2.75) is 32.3 Å². The van der Waals surface area contributed by atoms with Crippen molar-refractivity contribution < 1.29 is 19.1 Å². The van der Waals surface area contributed by atoms with Gasteiger partial charge in [0.05, 0.1) is 29.8 Å². The molecule has 0 radical (unpaired) electrons. The maximum atomic E-state index is 12.6. The number of amides is 1. The summed E-state index contributed by atoms with van der Waals surface area (Å²) >= 11 is 6.20. The number of rotatable bonds is 6. The van der Waals surface area contributed by atoms with Crippen molar-refractivity contribution in [3.63, 3.8) is 0 Å². The van der Waals surface area contributed by atoms with Gasteiger partial charge in [0.15, 0.2) is 0 Å². The molecule has 2 aromatic carbocycles. The zero-order chi connectivity index (χ0) is 20.8. The molecule has 0 fully saturated rings. The van der Waals surface area contributed by atoms with Crippen LogP contribution in [0.5, 0.6) is 5.75 Å². The molecular weight excluding hydrogens is 429 g/mol. The molecule has 1 amide bonds. The highest BCUT2D eigenvalue weighted by Crippen LogP contribution is 2.31. The minimum absolute atomic E-state index is 0. The molecule has 1 heterocycles. The van der Waals surface area contributed by atoms with Gasteiger partial charge in [0.1, 0.15) is 11.9 Å². The largest absolute Gasteiger partial charge is 0.490 e. The Bertz CT molecular complexity index is 950. The van der Waals surface area contributed by atoms with Gasteiger partial charge in [0.25, 0.3) is 5.91 Å². The highest BCUT2D eigenvalue weighted by Gasteiger charge is 2.23. The predicted molar refractivity (Wildman–Crippen MR) is 119 cm³/mol. The first-order valence-electron chi connectivity index (χ1n) is 9.29. The second-order valence-electron chi connectivity index (χ2n) is 6.58. The van der Waals surface area contributed by atoms with Crippen molar-refractivity contribution in [1.29, 1.82) is 0 Å². The molecule has 0 spiro atoms. The summed E-state index contributed by atoms with van der Waals surface area (Å²) in [5, 5.41) is 6.60. The predicted octanol–water partition coefficient (Wildman–Crippen LogP) is 3.95. The molecule has 1 unspecified atom stereocenters. The van der Waals surface area contributed by atoms with E-state index in [1.165, 1.54) is 6.21 Å². The van der Waals surface area contributed by atoms with Crippen LogP contribution in [0, 0.1) is 0 Å². The third-order valence-corrected chi connectivity index (χ3v) is 4.82. The highest BCUT2D eigenvalue weighted by molar-refractivity contribution is 6.34. The van der Waals surface area contributed by atoms with Crippen LogP contribution in [0.2, 0.25) is 5.02 Å². The van der Waals surface area contributed by atoms with E-state index in [0.29, 0.717) is 40.6 Å². The molecule has 1 aliphatic heterocycles. The summed E-state index contributed by atoms with van der Waals surface area (Å²) < 4.78 is 10.9. The second kappa shape index (κ2) is 10.8. The van der Waals surface area contributed by atoms with E-state index in [1.807, 2.05) is 6.07 Å². The average Bonchev–Trinajstić information content (AvgIpc) is 2.68. The number of fused-ring (bicyclic) bond motifs is 1. The molecule has 0 aliphatic carbocycles. The molecule has 7 nitrogen and oxygen atoms in total. The standard InChI is InChI=1S/C21H22ClN3O4.ClH/c1-2-28-20(26)11-16-6-4-14-10-15(5-8-19(14)29-16)25-21(27)17-7-3-13(12-24-23)9-18(17)22;/h3,5,7-10,12,16H,2,4,6,11,23H2,1H3,(H,25,27);1H. The number of nitrogens with zero attached hydrogens (tertiary/aromatic N) is 1. The third kappa shape index (κ3) is 5.87. The summed E-state index contributed by atoms with van der Waals surface area (Å²) in [6.07, 6.45) is 2.94. The van der Waals surface area contributed by atoms with Crippen molar-refractivity contribution in [2.24, 2.45) is 10.9 Å². The van der Waals surface area contributed by atoms with Gasteiger partial charge in [-0.1, -0.05) is 17.7 Å². The summed E-state index contributed by atoms with van der Waals surface area (Å²) in [5.74, 6) is 5.27. The smallest absolute Gasteiger partial charge is 0.309 e. The first-order chi connectivity index (χ1) is 14.0. The van der Waals surface area contributed by atoms with Gasteiger partial charge in [0, 0.05) is 5.69 Å². The lowest BCUT2D eigenvalue weighted by Crippen LogP contribution is -2.26. The zero-order valence-corrected chi connectivity index (χ0v) is 18.0. The number of aryl methyl sites for hydroxylation is 1. The van der Waals surface area contributed by atoms with Gasteiger partial charge in [-0.05, 0) is 61.2 Å². The van der Waals surface area contributed by atoms with Crippen LogP contribution in [-0.2, 0) is 16.0 Å². The second-order valence-corrected chi connectivity index (χ2v) is 6.99. The molecule has 1 atom stereocenters. The van der Waals surface area contributed by atoms with E-state index in [-0.39, 0.29) is 36.8 Å². The van der Waals surface area contributed by atoms with Gasteiger partial charge in [0.2, 0.25) is 0 Å². The first-order valence-corrected chi connectivity index (χ1v) is 9.67. The Hall–Kier alpha value is -2.77. The molecule has 160 valence electrons. The number of ether oxygens (including phenoxy) is 2. The number of esters is 1. The van der Waals surface area contributed by atoms with E-state index in [0.717, 1.165) is 12.0 Å². The van der Waals surface area contributed by atoms with E-state index in [9.17, 15) is 9.59 Å². The molecule has 1 aliphatic rings. The lowest BCUT2D eigenvalue weighted by atomic mass is 10.00. The van der Waals surface area contributed by atoms with Crippen LogP contribution in [0.15, 0.2) is 41.5 Å². The molecule has 2 aromatic rings. The van der Waals surface area contributed by atoms with E-state index < -0.39 is 0 Å². The van der Waals surface area contributed by atoms with Crippen LogP contribution in [0.4, 0.5) is 5.69 Å². The highest BCUT2D eigenvalue weighted by atomic mass is 35.5. The van der Waals surface area contributed by atoms with Crippen molar-refractivity contribution in [3.05, 3.63) is 58.1 Å². The van der Waals surface area contributed by atoms with Gasteiger partial charge in [-0.25, -0.2) is 0 Å². The van der Waals surface area contributed by atoms with E-state index in [1.54, 1.807) is 37.3 Å². The number of hydrazone groups is 1. The number of benzene rings is 2. The number of halogens is 2. The van der Waals surface area contributed by atoms with Crippen molar-refractivity contribution in [2.75, 3.05) is 11.9 Å². The van der Waals surface area contributed by atoms with Crippen LogP contribution in [0.3, 0.4) is 0 Å². The Morgan fingerprint density at radius 2 is 2.13 bits per heavy atom. The maximum Gasteiger partial charge on any atom is 0.309 e. The molecule has 0 saturated carbocycles. The Morgan fingerprint density at radius 1 is 1.33 bits per heavy atom. The fraction of sp³-hybridized carbons (Fsp3) is 0.286. The van der Waals surface area contributed by atoms with Crippen LogP contribution in [0.25, 0.3) is 0 Å². The number of nitrogens with two attached hydrogens (primary N) is 1. The van der Waals surface area contributed by atoms with Gasteiger partial charge >= 0.3 is 5.97 Å². The maximum absolute atomic E-state index is 12.6. The van der Waals surface area contributed by atoms with Gasteiger partial charge in [-0.3, -0.25) is 9.59 Å². The van der Waals surface area contributed by atoms with Crippen molar-refractivity contribution in [3.8, 4) is 5.75 Å². The molecule has 0 bridgehead atoms. The molecule has 0 saturated heterocycles. The Kier molecular flexibility index (Phi) is 8.50.